The summed E-state index contributed by atoms with van der Waals surface area (Å²) in [5.74, 6) is 0.0725. The number of pyridine rings is 1. The van der Waals surface area contributed by atoms with E-state index in [1.807, 2.05) is 11.0 Å². The van der Waals surface area contributed by atoms with Gasteiger partial charge in [-0.3, -0.25) is 9.69 Å². The van der Waals surface area contributed by atoms with E-state index in [0.717, 1.165) is 37.6 Å². The number of carbonyl (C=O) groups excluding carboxylic acids is 1. The summed E-state index contributed by atoms with van der Waals surface area (Å²) in [5, 5.41) is 4.27. The third-order valence-corrected chi connectivity index (χ3v) is 4.91. The molecule has 0 spiro atoms. The summed E-state index contributed by atoms with van der Waals surface area (Å²) in [6, 6.07) is 4.38. The summed E-state index contributed by atoms with van der Waals surface area (Å²) in [5.41, 5.74) is 2.09. The Morgan fingerprint density at radius 1 is 1.17 bits per heavy atom. The topological polar surface area (TPSA) is 40.9 Å². The summed E-state index contributed by atoms with van der Waals surface area (Å²) in [4.78, 5) is 17.5. The lowest BCUT2D eigenvalue weighted by atomic mass is 9.97. The van der Waals surface area contributed by atoms with Gasteiger partial charge in [0.15, 0.2) is 0 Å². The van der Waals surface area contributed by atoms with Crippen LogP contribution in [-0.2, 0) is 0 Å². The molecule has 1 aliphatic heterocycles. The Morgan fingerprint density at radius 3 is 2.83 bits per heavy atom. The molecule has 2 aliphatic rings. The van der Waals surface area contributed by atoms with Crippen LogP contribution in [0.25, 0.3) is 5.52 Å². The normalized spacial score (nSPS) is 20.4. The Hall–Kier alpha value is -1.82. The van der Waals surface area contributed by atoms with Crippen molar-refractivity contribution in [1.29, 1.82) is 0 Å². The third kappa shape index (κ3) is 3.00. The van der Waals surface area contributed by atoms with Crippen molar-refractivity contribution in [3.8, 4) is 0 Å². The molecule has 0 bridgehead atoms. The Morgan fingerprint density at radius 2 is 2.00 bits per heavy atom. The second-order valence-corrected chi connectivity index (χ2v) is 6.61. The molecule has 3 heterocycles. The number of fused-ring (bicyclic) bond motifs is 1. The molecule has 1 amide bonds. The molecule has 1 saturated heterocycles. The third-order valence-electron chi connectivity index (χ3n) is 4.91. The van der Waals surface area contributed by atoms with E-state index in [9.17, 15) is 4.79 Å². The highest BCUT2D eigenvalue weighted by Gasteiger charge is 2.30. The van der Waals surface area contributed by atoms with E-state index in [2.05, 4.69) is 10.00 Å². The van der Waals surface area contributed by atoms with Gasteiger partial charge in [0.2, 0.25) is 0 Å². The standard InChI is InChI=1S/C17H21BN4O/c18-13-5-8-22-16(11-13)15(12-19-22)17(23)21-7-2-1-6-20(9-10-21)14-3-4-14/h5,8,11-12,14H,1-4,6-7,9-10H2. The van der Waals surface area contributed by atoms with Gasteiger partial charge in [0.25, 0.3) is 5.91 Å². The predicted octanol–water partition coefficient (Wildman–Crippen LogP) is 0.828. The Bertz CT molecular complexity index is 724. The van der Waals surface area contributed by atoms with Gasteiger partial charge in [0.1, 0.15) is 7.85 Å². The molecule has 0 aromatic carbocycles. The van der Waals surface area contributed by atoms with Crippen LogP contribution in [0, 0.1) is 0 Å². The zero-order chi connectivity index (χ0) is 15.8. The zero-order valence-electron chi connectivity index (χ0n) is 13.3. The largest absolute Gasteiger partial charge is 0.337 e. The first-order valence-corrected chi connectivity index (χ1v) is 8.48. The van der Waals surface area contributed by atoms with Crippen molar-refractivity contribution in [1.82, 2.24) is 19.4 Å². The molecule has 5 nitrogen and oxygen atoms in total. The van der Waals surface area contributed by atoms with Crippen molar-refractivity contribution in [3.05, 3.63) is 30.1 Å². The van der Waals surface area contributed by atoms with Crippen LogP contribution < -0.4 is 5.46 Å². The van der Waals surface area contributed by atoms with Crippen molar-refractivity contribution in [3.63, 3.8) is 0 Å². The molecular weight excluding hydrogens is 287 g/mol. The first-order valence-electron chi connectivity index (χ1n) is 8.48. The lowest BCUT2D eigenvalue weighted by Crippen LogP contribution is -2.42. The molecule has 1 saturated carbocycles. The van der Waals surface area contributed by atoms with E-state index in [1.165, 1.54) is 25.8 Å². The number of carbonyl (C=O) groups is 1. The second kappa shape index (κ2) is 6.00. The monoisotopic (exact) mass is 308 g/mol. The fraction of sp³-hybridized carbons (Fsp3) is 0.529. The van der Waals surface area contributed by atoms with Gasteiger partial charge in [-0.15, -0.1) is 0 Å². The van der Waals surface area contributed by atoms with Gasteiger partial charge in [-0.25, -0.2) is 4.52 Å². The molecule has 2 aromatic heterocycles. The first-order chi connectivity index (χ1) is 11.2. The van der Waals surface area contributed by atoms with Gasteiger partial charge in [-0.2, -0.15) is 5.10 Å². The van der Waals surface area contributed by atoms with E-state index in [0.29, 0.717) is 11.0 Å². The lowest BCUT2D eigenvalue weighted by Gasteiger charge is -2.31. The smallest absolute Gasteiger partial charge is 0.257 e. The van der Waals surface area contributed by atoms with Crippen LogP contribution in [0.15, 0.2) is 24.5 Å². The van der Waals surface area contributed by atoms with Crippen LogP contribution in [0.5, 0.6) is 0 Å². The molecule has 6 heteroatoms. The summed E-state index contributed by atoms with van der Waals surface area (Å²) < 4.78 is 1.71. The molecule has 23 heavy (non-hydrogen) atoms. The number of amides is 1. The van der Waals surface area contributed by atoms with Gasteiger partial charge in [0.05, 0.1) is 17.3 Å². The van der Waals surface area contributed by atoms with Crippen LogP contribution in [0.4, 0.5) is 0 Å². The number of hydrogen-bond acceptors (Lipinski definition) is 3. The maximum Gasteiger partial charge on any atom is 0.257 e. The van der Waals surface area contributed by atoms with Gasteiger partial charge in [-0.1, -0.05) is 11.5 Å². The van der Waals surface area contributed by atoms with Crippen molar-refractivity contribution in [2.75, 3.05) is 26.2 Å². The van der Waals surface area contributed by atoms with Crippen LogP contribution in [0.1, 0.15) is 36.0 Å². The highest BCUT2D eigenvalue weighted by molar-refractivity contribution is 6.32. The highest BCUT2D eigenvalue weighted by Crippen LogP contribution is 2.27. The molecule has 1 aliphatic carbocycles. The van der Waals surface area contributed by atoms with Crippen molar-refractivity contribution in [2.24, 2.45) is 0 Å². The lowest BCUT2D eigenvalue weighted by molar-refractivity contribution is 0.0707. The minimum atomic E-state index is 0.0725. The van der Waals surface area contributed by atoms with E-state index in [1.54, 1.807) is 23.0 Å². The first kappa shape index (κ1) is 14.8. The average Bonchev–Trinajstić information content (AvgIpc) is 3.26. The number of nitrogens with zero attached hydrogens (tertiary/aromatic N) is 4. The van der Waals surface area contributed by atoms with Gasteiger partial charge < -0.3 is 4.90 Å². The molecule has 118 valence electrons. The number of hydrogen-bond donors (Lipinski definition) is 0. The van der Waals surface area contributed by atoms with E-state index >= 15 is 0 Å². The van der Waals surface area contributed by atoms with Crippen molar-refractivity contribution >= 4 is 24.7 Å². The van der Waals surface area contributed by atoms with Crippen LogP contribution in [0.3, 0.4) is 0 Å². The summed E-state index contributed by atoms with van der Waals surface area (Å²) in [6.45, 7) is 3.80. The van der Waals surface area contributed by atoms with E-state index < -0.39 is 0 Å². The molecular formula is C17H21BN4O. The van der Waals surface area contributed by atoms with E-state index in [4.69, 9.17) is 7.85 Å². The Balaban J connectivity index is 1.55. The molecule has 2 aromatic rings. The molecule has 2 fully saturated rings. The highest BCUT2D eigenvalue weighted by atomic mass is 16.2. The van der Waals surface area contributed by atoms with Gasteiger partial charge >= 0.3 is 0 Å². The van der Waals surface area contributed by atoms with Gasteiger partial charge in [0, 0.05) is 31.9 Å². The fourth-order valence-corrected chi connectivity index (χ4v) is 3.43. The Kier molecular flexibility index (Phi) is 3.85. The second-order valence-electron chi connectivity index (χ2n) is 6.61. The predicted molar refractivity (Wildman–Crippen MR) is 90.3 cm³/mol. The summed E-state index contributed by atoms with van der Waals surface area (Å²) in [7, 11) is 5.86. The maximum atomic E-state index is 13.0. The van der Waals surface area contributed by atoms with Crippen LogP contribution in [0.2, 0.25) is 0 Å². The quantitative estimate of drug-likeness (QED) is 0.772. The number of rotatable bonds is 2. The molecule has 0 atom stereocenters. The van der Waals surface area contributed by atoms with Crippen molar-refractivity contribution in [2.45, 2.75) is 31.7 Å². The van der Waals surface area contributed by atoms with Crippen LogP contribution in [-0.4, -0.2) is 65.4 Å². The molecule has 4 rings (SSSR count). The van der Waals surface area contributed by atoms with Gasteiger partial charge in [-0.05, 0) is 38.3 Å². The summed E-state index contributed by atoms with van der Waals surface area (Å²) in [6.07, 6.45) is 8.33. The average molecular weight is 308 g/mol. The Labute approximate surface area is 137 Å². The zero-order valence-corrected chi connectivity index (χ0v) is 13.3. The minimum Gasteiger partial charge on any atom is -0.337 e. The van der Waals surface area contributed by atoms with Crippen molar-refractivity contribution < 1.29 is 4.79 Å². The maximum absolute atomic E-state index is 13.0. The minimum absolute atomic E-state index is 0.0725. The summed E-state index contributed by atoms with van der Waals surface area (Å²) >= 11 is 0. The molecule has 0 N–H and O–H groups in total. The van der Waals surface area contributed by atoms with Crippen LogP contribution >= 0.6 is 0 Å². The van der Waals surface area contributed by atoms with E-state index in [-0.39, 0.29) is 5.91 Å². The molecule has 2 radical (unpaired) electrons. The fourth-order valence-electron chi connectivity index (χ4n) is 3.43. The SMILES string of the molecule is [B]c1ccn2ncc(C(=O)N3CCCCN(C4CC4)CC3)c2c1. The number of aromatic nitrogens is 2. The molecule has 0 unspecified atom stereocenters.